The molecule has 0 heterocycles. The average Bonchev–Trinajstić information content (AvgIpc) is 2.11. The number of hydrogen-bond donors (Lipinski definition) is 0. The number of ether oxygens (including phenoxy) is 1. The predicted octanol–water partition coefficient (Wildman–Crippen LogP) is 0.910. The largest absolute Gasteiger partial charge is 0.467 e. The molecule has 0 aromatic carbocycles. The Bertz CT molecular complexity index is 196. The molecule has 0 aromatic rings. The molecule has 0 bridgehead atoms. The normalized spacial score (nSPS) is 14.2. The van der Waals surface area contributed by atoms with Crippen LogP contribution in [0.25, 0.3) is 0 Å². The first-order valence-corrected chi connectivity index (χ1v) is 3.82. The molecule has 0 radical (unpaired) electrons. The van der Waals surface area contributed by atoms with Crippen LogP contribution in [0.15, 0.2) is 4.99 Å². The Morgan fingerprint density at radius 1 is 1.67 bits per heavy atom. The third-order valence-electron chi connectivity index (χ3n) is 1.82. The zero-order valence-corrected chi connectivity index (χ0v) is 7.53. The van der Waals surface area contributed by atoms with Gasteiger partial charge in [-0.25, -0.2) is 9.59 Å². The van der Waals surface area contributed by atoms with Gasteiger partial charge in [0, 0.05) is 0 Å². The smallest absolute Gasteiger partial charge is 0.331 e. The van der Waals surface area contributed by atoms with Gasteiger partial charge >= 0.3 is 5.97 Å². The topological polar surface area (TPSA) is 55.7 Å². The highest BCUT2D eigenvalue weighted by molar-refractivity contribution is 5.77. The Morgan fingerprint density at radius 2 is 2.25 bits per heavy atom. The maximum absolute atomic E-state index is 11.0. The van der Waals surface area contributed by atoms with Gasteiger partial charge in [0.25, 0.3) is 0 Å². The number of rotatable bonds is 4. The molecule has 4 nitrogen and oxygen atoms in total. The van der Waals surface area contributed by atoms with Crippen molar-refractivity contribution in [1.82, 2.24) is 0 Å². The average molecular weight is 171 g/mol. The number of carbonyl (C=O) groups excluding carboxylic acids is 2. The molecule has 4 heteroatoms. The predicted molar refractivity (Wildman–Crippen MR) is 43.4 cm³/mol. The van der Waals surface area contributed by atoms with Crippen molar-refractivity contribution in [3.8, 4) is 0 Å². The lowest BCUT2D eigenvalue weighted by Crippen LogP contribution is -2.26. The number of esters is 1. The lowest BCUT2D eigenvalue weighted by Gasteiger charge is -2.13. The third kappa shape index (κ3) is 2.84. The molecule has 0 spiro atoms. The van der Waals surface area contributed by atoms with Crippen LogP contribution in [0.4, 0.5) is 0 Å². The number of carbonyl (C=O) groups is 1. The Balaban J connectivity index is 4.42. The van der Waals surface area contributed by atoms with E-state index in [2.05, 4.69) is 9.73 Å². The van der Waals surface area contributed by atoms with Crippen molar-refractivity contribution in [1.29, 1.82) is 0 Å². The molecule has 12 heavy (non-hydrogen) atoms. The van der Waals surface area contributed by atoms with E-state index in [-0.39, 0.29) is 5.92 Å². The molecule has 0 amide bonds. The van der Waals surface area contributed by atoms with Crippen molar-refractivity contribution in [3.05, 3.63) is 0 Å². The molecule has 0 N–H and O–H groups in total. The summed E-state index contributed by atoms with van der Waals surface area (Å²) >= 11 is 0. The van der Waals surface area contributed by atoms with E-state index in [9.17, 15) is 9.59 Å². The Kier molecular flexibility index (Phi) is 4.97. The highest BCUT2D eigenvalue weighted by Crippen LogP contribution is 2.11. The minimum Gasteiger partial charge on any atom is -0.467 e. The van der Waals surface area contributed by atoms with Gasteiger partial charge in [-0.05, 0) is 5.92 Å². The highest BCUT2D eigenvalue weighted by Gasteiger charge is 2.23. The van der Waals surface area contributed by atoms with E-state index in [1.54, 1.807) is 0 Å². The number of hydrogen-bond acceptors (Lipinski definition) is 4. The van der Waals surface area contributed by atoms with Gasteiger partial charge in [0.15, 0.2) is 6.04 Å². The van der Waals surface area contributed by atoms with Crippen LogP contribution in [-0.4, -0.2) is 25.2 Å². The summed E-state index contributed by atoms with van der Waals surface area (Å²) in [6.07, 6.45) is 2.14. The molecule has 0 aliphatic rings. The van der Waals surface area contributed by atoms with Crippen LogP contribution in [0.5, 0.6) is 0 Å². The molecule has 0 aromatic heterocycles. The summed E-state index contributed by atoms with van der Waals surface area (Å²) in [5.74, 6) is -0.466. The molecule has 2 unspecified atom stereocenters. The fourth-order valence-electron chi connectivity index (χ4n) is 0.813. The van der Waals surface area contributed by atoms with Crippen LogP contribution >= 0.6 is 0 Å². The second-order valence-corrected chi connectivity index (χ2v) is 2.57. The van der Waals surface area contributed by atoms with Gasteiger partial charge in [-0.15, -0.1) is 0 Å². The molecule has 0 saturated heterocycles. The quantitative estimate of drug-likeness (QED) is 0.359. The molecule has 68 valence electrons. The van der Waals surface area contributed by atoms with Gasteiger partial charge in [-0.1, -0.05) is 20.3 Å². The Morgan fingerprint density at radius 3 is 2.58 bits per heavy atom. The zero-order chi connectivity index (χ0) is 9.56. The van der Waals surface area contributed by atoms with Crippen LogP contribution in [0.3, 0.4) is 0 Å². The van der Waals surface area contributed by atoms with Crippen molar-refractivity contribution in [2.75, 3.05) is 7.11 Å². The molecule has 0 fully saturated rings. The summed E-state index contributed by atoms with van der Waals surface area (Å²) in [5.41, 5.74) is 0. The second-order valence-electron chi connectivity index (χ2n) is 2.57. The van der Waals surface area contributed by atoms with Crippen LogP contribution in [0.2, 0.25) is 0 Å². The fourth-order valence-corrected chi connectivity index (χ4v) is 0.813. The first-order valence-electron chi connectivity index (χ1n) is 3.82. The highest BCUT2D eigenvalue weighted by atomic mass is 16.5. The summed E-state index contributed by atoms with van der Waals surface area (Å²) in [6, 6.07) is -0.697. The first kappa shape index (κ1) is 10.8. The second kappa shape index (κ2) is 5.49. The van der Waals surface area contributed by atoms with Gasteiger partial charge < -0.3 is 4.74 Å². The standard InChI is InChI=1S/C8H13NO3/c1-4-6(2)7(9-5-10)8(11)12-3/h6-7H,4H2,1-3H3. The monoisotopic (exact) mass is 171 g/mol. The summed E-state index contributed by atoms with van der Waals surface area (Å²) in [6.45, 7) is 3.75. The minimum atomic E-state index is -0.697. The lowest BCUT2D eigenvalue weighted by atomic mass is 10.0. The van der Waals surface area contributed by atoms with Crippen molar-refractivity contribution >= 4 is 12.0 Å². The summed E-state index contributed by atoms with van der Waals surface area (Å²) < 4.78 is 4.48. The van der Waals surface area contributed by atoms with Crippen LogP contribution < -0.4 is 0 Å². The molecule has 0 rings (SSSR count). The van der Waals surface area contributed by atoms with E-state index in [0.29, 0.717) is 0 Å². The van der Waals surface area contributed by atoms with E-state index in [0.717, 1.165) is 6.42 Å². The first-order chi connectivity index (χ1) is 5.67. The maximum atomic E-state index is 11.0. The minimum absolute atomic E-state index is 0.0129. The van der Waals surface area contributed by atoms with Gasteiger partial charge in [0.2, 0.25) is 6.08 Å². The van der Waals surface area contributed by atoms with E-state index >= 15 is 0 Å². The summed E-state index contributed by atoms with van der Waals surface area (Å²) in [4.78, 5) is 24.3. The van der Waals surface area contributed by atoms with E-state index in [1.165, 1.54) is 13.2 Å². The van der Waals surface area contributed by atoms with Crippen molar-refractivity contribution in [2.24, 2.45) is 10.9 Å². The van der Waals surface area contributed by atoms with Gasteiger partial charge in [0.05, 0.1) is 7.11 Å². The molecule has 2 atom stereocenters. The summed E-state index contributed by atoms with van der Waals surface area (Å²) in [5, 5.41) is 0. The SMILES string of the molecule is CCC(C)C(N=C=O)C(=O)OC. The Labute approximate surface area is 71.6 Å². The summed E-state index contributed by atoms with van der Waals surface area (Å²) in [7, 11) is 1.28. The van der Waals surface area contributed by atoms with Gasteiger partial charge in [-0.2, -0.15) is 4.99 Å². The van der Waals surface area contributed by atoms with E-state index < -0.39 is 12.0 Å². The third-order valence-corrected chi connectivity index (χ3v) is 1.82. The number of methoxy groups -OCH3 is 1. The van der Waals surface area contributed by atoms with E-state index in [4.69, 9.17) is 0 Å². The van der Waals surface area contributed by atoms with Gasteiger partial charge in [0.1, 0.15) is 0 Å². The van der Waals surface area contributed by atoms with Gasteiger partial charge in [-0.3, -0.25) is 0 Å². The molecule has 0 saturated carbocycles. The van der Waals surface area contributed by atoms with Crippen LogP contribution in [-0.2, 0) is 14.3 Å². The van der Waals surface area contributed by atoms with Crippen LogP contribution in [0.1, 0.15) is 20.3 Å². The Hall–Kier alpha value is -1.15. The molecular weight excluding hydrogens is 158 g/mol. The number of nitrogens with zero attached hydrogens (tertiary/aromatic N) is 1. The zero-order valence-electron chi connectivity index (χ0n) is 7.53. The number of isocyanates is 1. The van der Waals surface area contributed by atoms with Crippen LogP contribution in [0, 0.1) is 5.92 Å². The van der Waals surface area contributed by atoms with Crippen molar-refractivity contribution in [2.45, 2.75) is 26.3 Å². The maximum Gasteiger partial charge on any atom is 0.331 e. The lowest BCUT2D eigenvalue weighted by molar-refractivity contribution is -0.143. The fraction of sp³-hybridized carbons (Fsp3) is 0.750. The van der Waals surface area contributed by atoms with E-state index in [1.807, 2.05) is 13.8 Å². The number of aliphatic imine (C=N–C) groups is 1. The molecule has 0 aliphatic carbocycles. The van der Waals surface area contributed by atoms with Crippen molar-refractivity contribution < 1.29 is 14.3 Å². The molecule has 0 aliphatic heterocycles. The molecular formula is C8H13NO3. The van der Waals surface area contributed by atoms with Crippen molar-refractivity contribution in [3.63, 3.8) is 0 Å².